The Bertz CT molecular complexity index is 492. The van der Waals surface area contributed by atoms with Crippen molar-refractivity contribution >= 4 is 16.8 Å². The molecule has 0 saturated heterocycles. The van der Waals surface area contributed by atoms with E-state index < -0.39 is 41.7 Å². The van der Waals surface area contributed by atoms with Gasteiger partial charge in [0.25, 0.3) is 11.7 Å². The summed E-state index contributed by atoms with van der Waals surface area (Å²) in [7, 11) is 0. The predicted molar refractivity (Wildman–Crippen MR) is 54.0 cm³/mol. The number of carbonyl (C=O) groups excluding carboxylic acids is 1. The van der Waals surface area contributed by atoms with Crippen LogP contribution in [0.3, 0.4) is 0 Å². The van der Waals surface area contributed by atoms with Crippen molar-refractivity contribution in [2.75, 3.05) is 0 Å². The maximum atomic E-state index is 12.7. The second kappa shape index (κ2) is 5.66. The molecular formula is C9H6ClF5N2O2. The molecule has 0 aliphatic carbocycles. The number of carbonyl (C=O) groups is 1. The molecule has 1 heterocycles. The molecule has 0 spiro atoms. The third kappa shape index (κ3) is 4.00. The lowest BCUT2D eigenvalue weighted by Crippen LogP contribution is -2.20. The van der Waals surface area contributed by atoms with E-state index in [1.165, 1.54) is 0 Å². The highest BCUT2D eigenvalue weighted by Gasteiger charge is 2.33. The van der Waals surface area contributed by atoms with Crippen molar-refractivity contribution in [1.29, 1.82) is 0 Å². The number of rotatable bonds is 4. The van der Waals surface area contributed by atoms with E-state index in [-0.39, 0.29) is 5.56 Å². The van der Waals surface area contributed by atoms with Gasteiger partial charge in [0.15, 0.2) is 0 Å². The molecule has 0 aliphatic heterocycles. The zero-order valence-electron chi connectivity index (χ0n) is 8.97. The Hall–Kier alpha value is -1.48. The van der Waals surface area contributed by atoms with Crippen molar-refractivity contribution in [2.45, 2.75) is 19.3 Å². The van der Waals surface area contributed by atoms with Crippen LogP contribution in [-0.2, 0) is 6.54 Å². The Morgan fingerprint density at radius 1 is 1.47 bits per heavy atom. The van der Waals surface area contributed by atoms with Gasteiger partial charge in [-0.3, -0.25) is 4.79 Å². The van der Waals surface area contributed by atoms with Gasteiger partial charge in [-0.25, -0.2) is 13.8 Å². The molecule has 0 radical (unpaired) electrons. The van der Waals surface area contributed by atoms with E-state index in [0.29, 0.717) is 6.07 Å². The summed E-state index contributed by atoms with van der Waals surface area (Å²) in [5, 5.41) is -1.29. The predicted octanol–water partition coefficient (Wildman–Crippen LogP) is 2.76. The topological polar surface area (TPSA) is 65.2 Å². The molecule has 0 bridgehead atoms. The van der Waals surface area contributed by atoms with E-state index >= 15 is 0 Å². The van der Waals surface area contributed by atoms with E-state index in [9.17, 15) is 26.7 Å². The van der Waals surface area contributed by atoms with Gasteiger partial charge in [-0.1, -0.05) is 0 Å². The molecule has 0 fully saturated rings. The second-order valence-corrected chi connectivity index (χ2v) is 3.55. The summed E-state index contributed by atoms with van der Waals surface area (Å²) < 4.78 is 64.7. The molecule has 19 heavy (non-hydrogen) atoms. The summed E-state index contributed by atoms with van der Waals surface area (Å²) in [6, 6.07) is 0.634. The second-order valence-electron chi connectivity index (χ2n) is 3.21. The van der Waals surface area contributed by atoms with Gasteiger partial charge in [0, 0.05) is 12.6 Å². The van der Waals surface area contributed by atoms with Crippen LogP contribution in [0.4, 0.5) is 22.0 Å². The maximum Gasteiger partial charge on any atom is 0.574 e. The largest absolute Gasteiger partial charge is 0.574 e. The summed E-state index contributed by atoms with van der Waals surface area (Å²) in [5.74, 6) is -1.13. The number of halogens is 6. The molecule has 1 aromatic rings. The van der Waals surface area contributed by atoms with Crippen molar-refractivity contribution in [3.05, 3.63) is 22.9 Å². The van der Waals surface area contributed by atoms with E-state index in [0.717, 1.165) is 0 Å². The number of pyridine rings is 1. The quantitative estimate of drug-likeness (QED) is 0.686. The number of hydrogen-bond acceptors (Lipinski definition) is 4. The molecule has 0 saturated carbocycles. The zero-order chi connectivity index (χ0) is 14.8. The van der Waals surface area contributed by atoms with Crippen molar-refractivity contribution in [3.8, 4) is 5.88 Å². The Morgan fingerprint density at radius 3 is 2.42 bits per heavy atom. The van der Waals surface area contributed by atoms with Gasteiger partial charge in [0.1, 0.15) is 5.69 Å². The molecule has 106 valence electrons. The third-order valence-corrected chi connectivity index (χ3v) is 2.14. The lowest BCUT2D eigenvalue weighted by atomic mass is 10.1. The molecule has 2 N–H and O–H groups in total. The summed E-state index contributed by atoms with van der Waals surface area (Å²) >= 11 is 5.09. The molecule has 0 atom stereocenters. The van der Waals surface area contributed by atoms with Crippen LogP contribution in [0.15, 0.2) is 6.07 Å². The lowest BCUT2D eigenvalue weighted by molar-refractivity contribution is -0.276. The zero-order valence-corrected chi connectivity index (χ0v) is 9.73. The standard InChI is InChI=1S/C9H6ClF5N2O2/c10-7(18)5-3(2-16)1-4(19-9(13,14)15)17-6(5)8(11)12/h1,8H,2,16H2. The minimum atomic E-state index is -5.11. The fraction of sp³-hybridized carbons (Fsp3) is 0.333. The summed E-state index contributed by atoms with van der Waals surface area (Å²) in [4.78, 5) is 14.0. The first-order valence-corrected chi connectivity index (χ1v) is 5.01. The minimum Gasteiger partial charge on any atom is -0.388 e. The van der Waals surface area contributed by atoms with Gasteiger partial charge in [-0.15, -0.1) is 13.2 Å². The number of nitrogens with zero attached hydrogens (tertiary/aromatic N) is 1. The molecule has 10 heteroatoms. The van der Waals surface area contributed by atoms with E-state index in [1.807, 2.05) is 0 Å². The maximum absolute atomic E-state index is 12.7. The Morgan fingerprint density at radius 2 is 2.05 bits per heavy atom. The van der Waals surface area contributed by atoms with Gasteiger partial charge in [0.05, 0.1) is 5.56 Å². The van der Waals surface area contributed by atoms with Gasteiger partial charge in [-0.05, 0) is 17.2 Å². The van der Waals surface area contributed by atoms with Gasteiger partial charge < -0.3 is 10.5 Å². The fourth-order valence-electron chi connectivity index (χ4n) is 1.31. The Balaban J connectivity index is 3.40. The van der Waals surface area contributed by atoms with Crippen molar-refractivity contribution in [3.63, 3.8) is 0 Å². The monoisotopic (exact) mass is 304 g/mol. The smallest absolute Gasteiger partial charge is 0.388 e. The van der Waals surface area contributed by atoms with Crippen molar-refractivity contribution in [2.24, 2.45) is 5.73 Å². The number of ether oxygens (including phenoxy) is 1. The average molecular weight is 305 g/mol. The summed E-state index contributed by atoms with van der Waals surface area (Å²) in [6.45, 7) is -0.482. The van der Waals surface area contributed by atoms with Gasteiger partial charge in [0.2, 0.25) is 5.88 Å². The molecule has 1 aromatic heterocycles. The van der Waals surface area contributed by atoms with Crippen LogP contribution in [0.1, 0.15) is 28.0 Å². The van der Waals surface area contributed by atoms with Crippen molar-refractivity contribution < 1.29 is 31.5 Å². The van der Waals surface area contributed by atoms with E-state index in [2.05, 4.69) is 9.72 Å². The number of hydrogen-bond donors (Lipinski definition) is 1. The van der Waals surface area contributed by atoms with Crippen LogP contribution in [-0.4, -0.2) is 16.6 Å². The molecule has 0 aromatic carbocycles. The van der Waals surface area contributed by atoms with Crippen LogP contribution in [0.2, 0.25) is 0 Å². The van der Waals surface area contributed by atoms with Crippen molar-refractivity contribution in [1.82, 2.24) is 4.98 Å². The Kier molecular flexibility index (Phi) is 4.64. The van der Waals surface area contributed by atoms with Gasteiger partial charge >= 0.3 is 6.36 Å². The average Bonchev–Trinajstić information content (AvgIpc) is 2.24. The normalized spacial score (nSPS) is 11.8. The van der Waals surface area contributed by atoms with E-state index in [1.54, 1.807) is 0 Å². The van der Waals surface area contributed by atoms with Crippen LogP contribution < -0.4 is 10.5 Å². The molecule has 0 unspecified atom stereocenters. The molecular weight excluding hydrogens is 299 g/mol. The van der Waals surface area contributed by atoms with Crippen LogP contribution >= 0.6 is 11.6 Å². The Labute approximate surface area is 108 Å². The molecule has 1 rings (SSSR count). The molecule has 0 aliphatic rings. The van der Waals surface area contributed by atoms with E-state index in [4.69, 9.17) is 17.3 Å². The van der Waals surface area contributed by atoms with Gasteiger partial charge in [-0.2, -0.15) is 0 Å². The van der Waals surface area contributed by atoms with Crippen LogP contribution in [0.5, 0.6) is 5.88 Å². The lowest BCUT2D eigenvalue weighted by Gasteiger charge is -2.13. The van der Waals surface area contributed by atoms with Crippen LogP contribution in [0, 0.1) is 0 Å². The first-order valence-electron chi connectivity index (χ1n) is 4.63. The molecule has 0 amide bonds. The highest BCUT2D eigenvalue weighted by molar-refractivity contribution is 6.68. The fourth-order valence-corrected chi connectivity index (χ4v) is 1.53. The summed E-state index contributed by atoms with van der Waals surface area (Å²) in [5.41, 5.74) is 2.93. The number of nitrogens with two attached hydrogens (primary N) is 1. The van der Waals surface area contributed by atoms with Crippen LogP contribution in [0.25, 0.3) is 0 Å². The first kappa shape index (κ1) is 15.6. The highest BCUT2D eigenvalue weighted by Crippen LogP contribution is 2.30. The third-order valence-electron chi connectivity index (χ3n) is 1.95. The molecule has 4 nitrogen and oxygen atoms in total. The number of aromatic nitrogens is 1. The highest BCUT2D eigenvalue weighted by atomic mass is 35.5. The SMILES string of the molecule is NCc1cc(OC(F)(F)F)nc(C(F)F)c1C(=O)Cl. The summed E-state index contributed by atoms with van der Waals surface area (Å²) in [6.07, 6.45) is -8.41. The minimum absolute atomic E-state index is 0.315. The first-order chi connectivity index (χ1) is 8.65. The number of alkyl halides is 5.